The molecule has 8 nitrogen and oxygen atoms in total. The number of unbranched alkanes of at least 4 members (excludes halogenated alkanes) is 1. The van der Waals surface area contributed by atoms with Crippen LogP contribution in [0.15, 0.2) is 47.5 Å². The van der Waals surface area contributed by atoms with E-state index in [2.05, 4.69) is 15.3 Å². The van der Waals surface area contributed by atoms with Crippen LogP contribution in [0.1, 0.15) is 35.7 Å². The van der Waals surface area contributed by atoms with Crippen LogP contribution in [0.4, 0.5) is 5.82 Å². The lowest BCUT2D eigenvalue weighted by Crippen LogP contribution is -2.32. The normalized spacial score (nSPS) is 10.7. The first kappa shape index (κ1) is 18.4. The van der Waals surface area contributed by atoms with Gasteiger partial charge in [-0.15, -0.1) is 4.73 Å². The van der Waals surface area contributed by atoms with E-state index < -0.39 is 17.1 Å². The summed E-state index contributed by atoms with van der Waals surface area (Å²) in [6, 6.07) is 11.0. The Morgan fingerprint density at radius 1 is 1.26 bits per heavy atom. The maximum atomic E-state index is 12.5. The van der Waals surface area contributed by atoms with Crippen molar-refractivity contribution in [2.75, 3.05) is 11.9 Å². The molecule has 0 saturated carbocycles. The highest BCUT2D eigenvalue weighted by Crippen LogP contribution is 2.19. The number of aromatic nitrogens is 3. The van der Waals surface area contributed by atoms with E-state index in [1.54, 1.807) is 0 Å². The Morgan fingerprint density at radius 3 is 2.74 bits per heavy atom. The number of hydrogen-bond donors (Lipinski definition) is 2. The van der Waals surface area contributed by atoms with Crippen LogP contribution in [0.3, 0.4) is 0 Å². The molecule has 0 aliphatic rings. The molecule has 2 aromatic heterocycles. The van der Waals surface area contributed by atoms with E-state index in [-0.39, 0.29) is 12.3 Å². The average Bonchev–Trinajstić information content (AvgIpc) is 2.68. The first-order valence-electron chi connectivity index (χ1n) is 8.67. The molecule has 0 aliphatic heterocycles. The Labute approximate surface area is 155 Å². The lowest BCUT2D eigenvalue weighted by atomic mass is 10.2. The third kappa shape index (κ3) is 4.05. The number of aromatic carboxylic acids is 1. The summed E-state index contributed by atoms with van der Waals surface area (Å²) in [5, 5.41) is 13.0. The SMILES string of the molecule is CCCCOn1c(=O)c(C(=O)O)cc2c(NCc3ccccc3)ncnc21. The molecule has 0 spiro atoms. The fourth-order valence-electron chi connectivity index (χ4n) is 2.59. The van der Waals surface area contributed by atoms with Gasteiger partial charge >= 0.3 is 5.97 Å². The van der Waals surface area contributed by atoms with Crippen LogP contribution in [0.5, 0.6) is 0 Å². The molecule has 0 bridgehead atoms. The van der Waals surface area contributed by atoms with Crippen molar-refractivity contribution in [3.8, 4) is 0 Å². The summed E-state index contributed by atoms with van der Waals surface area (Å²) < 4.78 is 0.948. The average molecular weight is 368 g/mol. The highest BCUT2D eigenvalue weighted by Gasteiger charge is 2.19. The maximum Gasteiger partial charge on any atom is 0.341 e. The Hall–Kier alpha value is -3.42. The van der Waals surface area contributed by atoms with Gasteiger partial charge in [-0.3, -0.25) is 4.79 Å². The highest BCUT2D eigenvalue weighted by atomic mass is 16.7. The molecule has 3 aromatic rings. The van der Waals surface area contributed by atoms with Gasteiger partial charge in [-0.2, -0.15) is 0 Å². The summed E-state index contributed by atoms with van der Waals surface area (Å²) in [7, 11) is 0. The summed E-state index contributed by atoms with van der Waals surface area (Å²) in [6.45, 7) is 2.77. The van der Waals surface area contributed by atoms with E-state index in [4.69, 9.17) is 4.84 Å². The maximum absolute atomic E-state index is 12.5. The van der Waals surface area contributed by atoms with E-state index in [0.29, 0.717) is 17.7 Å². The van der Waals surface area contributed by atoms with Gasteiger partial charge in [0, 0.05) is 6.54 Å². The second-order valence-electron chi connectivity index (χ2n) is 5.95. The predicted octanol–water partition coefficient (Wildman–Crippen LogP) is 2.33. The second kappa shape index (κ2) is 8.31. The van der Waals surface area contributed by atoms with Crippen LogP contribution in [0.25, 0.3) is 11.0 Å². The summed E-state index contributed by atoms with van der Waals surface area (Å²) in [5.74, 6) is -0.896. The number of anilines is 1. The van der Waals surface area contributed by atoms with Crippen LogP contribution in [0.2, 0.25) is 0 Å². The molecular weight excluding hydrogens is 348 g/mol. The van der Waals surface area contributed by atoms with E-state index in [0.717, 1.165) is 23.1 Å². The van der Waals surface area contributed by atoms with Gasteiger partial charge in [-0.1, -0.05) is 43.7 Å². The summed E-state index contributed by atoms with van der Waals surface area (Å²) in [6.07, 6.45) is 2.93. The molecule has 0 atom stereocenters. The smallest absolute Gasteiger partial charge is 0.341 e. The molecule has 0 amide bonds. The number of carboxylic acid groups (broad SMARTS) is 1. The molecule has 0 saturated heterocycles. The quantitative estimate of drug-likeness (QED) is 0.588. The zero-order valence-electron chi connectivity index (χ0n) is 14.9. The standard InChI is InChI=1S/C19H20N4O4/c1-2-3-9-27-23-17-14(10-15(18(23)24)19(25)26)16(21-12-22-17)20-11-13-7-5-4-6-8-13/h4-8,10,12H,2-3,9,11H2,1H3,(H,25,26)(H,20,21,22). The minimum atomic E-state index is -1.33. The molecule has 0 unspecified atom stereocenters. The van der Waals surface area contributed by atoms with Crippen molar-refractivity contribution in [3.05, 3.63) is 64.2 Å². The predicted molar refractivity (Wildman–Crippen MR) is 101 cm³/mol. The van der Waals surface area contributed by atoms with Gasteiger partial charge in [-0.05, 0) is 18.1 Å². The Kier molecular flexibility index (Phi) is 5.65. The number of benzene rings is 1. The minimum Gasteiger partial charge on any atom is -0.477 e. The fraction of sp³-hybridized carbons (Fsp3) is 0.263. The zero-order valence-corrected chi connectivity index (χ0v) is 14.9. The monoisotopic (exact) mass is 368 g/mol. The number of nitrogens with zero attached hydrogens (tertiary/aromatic N) is 3. The van der Waals surface area contributed by atoms with Crippen LogP contribution in [-0.2, 0) is 6.54 Å². The van der Waals surface area contributed by atoms with E-state index in [1.807, 2.05) is 37.3 Å². The number of hydrogen-bond acceptors (Lipinski definition) is 6. The summed E-state index contributed by atoms with van der Waals surface area (Å²) in [4.78, 5) is 37.8. The molecule has 1 aromatic carbocycles. The number of pyridine rings is 1. The van der Waals surface area contributed by atoms with Crippen molar-refractivity contribution in [2.24, 2.45) is 0 Å². The summed E-state index contributed by atoms with van der Waals surface area (Å²) in [5.41, 5.74) is 0.122. The second-order valence-corrected chi connectivity index (χ2v) is 5.95. The Bertz CT molecular complexity index is 1000. The van der Waals surface area contributed by atoms with Crippen molar-refractivity contribution < 1.29 is 14.7 Å². The molecule has 0 radical (unpaired) electrons. The third-order valence-corrected chi connectivity index (χ3v) is 4.01. The minimum absolute atomic E-state index is 0.228. The first-order valence-corrected chi connectivity index (χ1v) is 8.67. The number of nitrogens with one attached hydrogen (secondary N) is 1. The van der Waals surface area contributed by atoms with E-state index >= 15 is 0 Å². The third-order valence-electron chi connectivity index (χ3n) is 4.01. The molecule has 3 rings (SSSR count). The first-order chi connectivity index (χ1) is 13.1. The lowest BCUT2D eigenvalue weighted by molar-refractivity contribution is 0.0681. The lowest BCUT2D eigenvalue weighted by Gasteiger charge is -2.14. The molecule has 140 valence electrons. The molecule has 2 heterocycles. The zero-order chi connectivity index (χ0) is 19.2. The van der Waals surface area contributed by atoms with Crippen LogP contribution >= 0.6 is 0 Å². The molecule has 27 heavy (non-hydrogen) atoms. The van der Waals surface area contributed by atoms with Crippen LogP contribution in [-0.4, -0.2) is 32.4 Å². The van der Waals surface area contributed by atoms with E-state index in [1.165, 1.54) is 12.4 Å². The van der Waals surface area contributed by atoms with Gasteiger partial charge in [0.15, 0.2) is 5.65 Å². The van der Waals surface area contributed by atoms with Crippen LogP contribution < -0.4 is 15.7 Å². The van der Waals surface area contributed by atoms with Crippen LogP contribution in [0, 0.1) is 0 Å². The van der Waals surface area contributed by atoms with Crippen molar-refractivity contribution in [1.29, 1.82) is 0 Å². The van der Waals surface area contributed by atoms with Crippen molar-refractivity contribution in [3.63, 3.8) is 0 Å². The van der Waals surface area contributed by atoms with Crippen molar-refractivity contribution in [1.82, 2.24) is 14.7 Å². The van der Waals surface area contributed by atoms with E-state index in [9.17, 15) is 14.7 Å². The van der Waals surface area contributed by atoms with Crippen molar-refractivity contribution in [2.45, 2.75) is 26.3 Å². The number of rotatable bonds is 8. The highest BCUT2D eigenvalue weighted by molar-refractivity contribution is 5.95. The van der Waals surface area contributed by atoms with Gasteiger partial charge in [0.1, 0.15) is 24.3 Å². The van der Waals surface area contributed by atoms with Gasteiger partial charge in [0.05, 0.1) is 5.39 Å². The van der Waals surface area contributed by atoms with Gasteiger partial charge in [0.2, 0.25) is 0 Å². The molecule has 2 N–H and O–H groups in total. The Morgan fingerprint density at radius 2 is 2.04 bits per heavy atom. The molecule has 8 heteroatoms. The van der Waals surface area contributed by atoms with Crippen molar-refractivity contribution >= 4 is 22.8 Å². The number of carboxylic acids is 1. The fourth-order valence-corrected chi connectivity index (χ4v) is 2.59. The topological polar surface area (TPSA) is 106 Å². The van der Waals surface area contributed by atoms with Gasteiger partial charge in [0.25, 0.3) is 5.56 Å². The molecular formula is C19H20N4O4. The summed E-state index contributed by atoms with van der Waals surface area (Å²) >= 11 is 0. The Balaban J connectivity index is 2.04. The number of carbonyl (C=O) groups is 1. The van der Waals surface area contributed by atoms with Gasteiger partial charge < -0.3 is 15.3 Å². The number of fused-ring (bicyclic) bond motifs is 1. The molecule has 0 fully saturated rings. The molecule has 0 aliphatic carbocycles. The largest absolute Gasteiger partial charge is 0.477 e. The van der Waals surface area contributed by atoms with Gasteiger partial charge in [-0.25, -0.2) is 14.8 Å².